The van der Waals surface area contributed by atoms with Gasteiger partial charge in [0.1, 0.15) is 0 Å². The van der Waals surface area contributed by atoms with E-state index in [0.717, 1.165) is 45.1 Å². The standard InChI is InChI=1S/C76H43N5S3/c1-7-22-64-50(16-1)56-37-59-53-19-4-10-25-70(53)82-73(59)41-67(56)79(64)47-32-28-44(29-33-47)62-40-63(46-14-13-15-49(36-46)81-66-24-9-3-18-52(66)58-39-61-55-21-6-12-27-72(55)84-75(61)43-69(58)81)78-76(77-62)45-30-34-48(35-31-45)80-65-23-8-2-17-51(65)57-38-60-54-20-5-11-26-71(54)83-74(60)42-68(57)80/h1-43H. The summed E-state index contributed by atoms with van der Waals surface area (Å²) in [6.45, 7) is 0. The maximum atomic E-state index is 5.50. The first-order chi connectivity index (χ1) is 41.6. The minimum Gasteiger partial charge on any atom is -0.309 e. The van der Waals surface area contributed by atoms with E-state index in [4.69, 9.17) is 9.97 Å². The third-order valence-corrected chi connectivity index (χ3v) is 20.8. The van der Waals surface area contributed by atoms with Gasteiger partial charge in [0.05, 0.1) is 44.5 Å². The summed E-state index contributed by atoms with van der Waals surface area (Å²) >= 11 is 5.58. The van der Waals surface area contributed by atoms with Gasteiger partial charge in [-0.3, -0.25) is 0 Å². The second-order valence-electron chi connectivity index (χ2n) is 22.1. The predicted octanol–water partition coefficient (Wildman–Crippen LogP) is 21.9. The molecule has 0 fully saturated rings. The van der Waals surface area contributed by atoms with Gasteiger partial charge in [-0.25, -0.2) is 9.97 Å². The van der Waals surface area contributed by atoms with Crippen LogP contribution in [0.4, 0.5) is 0 Å². The zero-order valence-electron chi connectivity index (χ0n) is 44.8. The van der Waals surface area contributed by atoms with Gasteiger partial charge in [0.25, 0.3) is 0 Å². The zero-order valence-corrected chi connectivity index (χ0v) is 47.2. The van der Waals surface area contributed by atoms with Gasteiger partial charge in [0, 0.05) is 127 Å². The molecule has 0 spiro atoms. The van der Waals surface area contributed by atoms with Gasteiger partial charge in [-0.2, -0.15) is 0 Å². The first-order valence-electron chi connectivity index (χ1n) is 28.4. The van der Waals surface area contributed by atoms with E-state index in [0.29, 0.717) is 5.82 Å². The number of nitrogens with zero attached hydrogens (tertiary/aromatic N) is 5. The number of hydrogen-bond donors (Lipinski definition) is 0. The Morgan fingerprint density at radius 1 is 0.214 bits per heavy atom. The van der Waals surface area contributed by atoms with E-state index in [9.17, 15) is 0 Å². The van der Waals surface area contributed by atoms with E-state index < -0.39 is 0 Å². The van der Waals surface area contributed by atoms with Crippen LogP contribution in [0.25, 0.3) is 177 Å². The van der Waals surface area contributed by atoms with Gasteiger partial charge in [-0.05, 0) is 127 Å². The van der Waals surface area contributed by atoms with E-state index in [1.165, 1.54) is 126 Å². The molecule has 84 heavy (non-hydrogen) atoms. The fourth-order valence-corrected chi connectivity index (χ4v) is 17.0. The number of para-hydroxylation sites is 3. The maximum absolute atomic E-state index is 5.50. The molecule has 390 valence electrons. The molecule has 0 aliphatic rings. The minimum absolute atomic E-state index is 0.663. The van der Waals surface area contributed by atoms with Crippen molar-refractivity contribution in [3.63, 3.8) is 0 Å². The third kappa shape index (κ3) is 6.81. The molecule has 12 aromatic carbocycles. The summed E-state index contributed by atoms with van der Waals surface area (Å²) in [6, 6.07) is 95.9. The van der Waals surface area contributed by atoms with Crippen molar-refractivity contribution < 1.29 is 0 Å². The summed E-state index contributed by atoms with van der Waals surface area (Å²) in [4.78, 5) is 11.0. The minimum atomic E-state index is 0.663. The van der Waals surface area contributed by atoms with Crippen LogP contribution in [0, 0.1) is 0 Å². The van der Waals surface area contributed by atoms with Crippen molar-refractivity contribution in [1.82, 2.24) is 23.7 Å². The molecule has 0 amide bonds. The topological polar surface area (TPSA) is 40.6 Å². The fraction of sp³-hybridized carbons (Fsp3) is 0. The van der Waals surface area contributed by atoms with Crippen molar-refractivity contribution in [2.75, 3.05) is 0 Å². The summed E-state index contributed by atoms with van der Waals surface area (Å²) in [7, 11) is 0. The van der Waals surface area contributed by atoms with E-state index in [-0.39, 0.29) is 0 Å². The molecule has 7 aromatic heterocycles. The highest BCUT2D eigenvalue weighted by Crippen LogP contribution is 2.45. The first kappa shape index (κ1) is 46.4. The lowest BCUT2D eigenvalue weighted by molar-refractivity contribution is 1.15. The molecular weight excluding hydrogens is 1080 g/mol. The van der Waals surface area contributed by atoms with Crippen LogP contribution in [0.5, 0.6) is 0 Å². The lowest BCUT2D eigenvalue weighted by Crippen LogP contribution is -1.99. The van der Waals surface area contributed by atoms with E-state index >= 15 is 0 Å². The predicted molar refractivity (Wildman–Crippen MR) is 360 cm³/mol. The largest absolute Gasteiger partial charge is 0.309 e. The molecule has 19 rings (SSSR count). The second kappa shape index (κ2) is 17.6. The summed E-state index contributed by atoms with van der Waals surface area (Å²) < 4.78 is 15.0. The monoisotopic (exact) mass is 1120 g/mol. The molecule has 0 radical (unpaired) electrons. The Kier molecular flexibility index (Phi) is 9.75. The van der Waals surface area contributed by atoms with Crippen molar-refractivity contribution in [3.05, 3.63) is 261 Å². The van der Waals surface area contributed by atoms with E-state index in [1.807, 2.05) is 34.0 Å². The lowest BCUT2D eigenvalue weighted by atomic mass is 10.1. The quantitative estimate of drug-likeness (QED) is 0.166. The van der Waals surface area contributed by atoms with Crippen LogP contribution in [0.3, 0.4) is 0 Å². The maximum Gasteiger partial charge on any atom is 0.160 e. The van der Waals surface area contributed by atoms with Crippen LogP contribution in [-0.4, -0.2) is 23.7 Å². The van der Waals surface area contributed by atoms with Gasteiger partial charge in [0.15, 0.2) is 5.82 Å². The van der Waals surface area contributed by atoms with E-state index in [2.05, 4.69) is 275 Å². The summed E-state index contributed by atoms with van der Waals surface area (Å²) in [5.74, 6) is 0.663. The van der Waals surface area contributed by atoms with Crippen LogP contribution in [-0.2, 0) is 0 Å². The molecule has 0 atom stereocenters. The summed E-state index contributed by atoms with van der Waals surface area (Å²) in [5, 5.41) is 15.3. The smallest absolute Gasteiger partial charge is 0.160 e. The molecular formula is C76H43N5S3. The summed E-state index contributed by atoms with van der Waals surface area (Å²) in [6.07, 6.45) is 0. The van der Waals surface area contributed by atoms with Crippen LogP contribution >= 0.6 is 34.0 Å². The van der Waals surface area contributed by atoms with Gasteiger partial charge >= 0.3 is 0 Å². The molecule has 0 saturated heterocycles. The Morgan fingerprint density at radius 2 is 0.583 bits per heavy atom. The SMILES string of the molecule is c1cc(-c2cc(-c3ccc(-n4c5ccccc5c5cc6c(cc54)sc4ccccc46)cc3)nc(-c3ccc(-n4c5ccccc5c5cc6c(cc54)sc4ccccc46)cc3)n2)cc(-n2c3ccccc3c3cc4c(cc32)sc2ccccc24)c1. The summed E-state index contributed by atoms with van der Waals surface area (Å²) in [5.41, 5.74) is 15.0. The Labute approximate surface area is 492 Å². The lowest BCUT2D eigenvalue weighted by Gasteiger charge is -2.13. The van der Waals surface area contributed by atoms with Crippen molar-refractivity contribution >= 4 is 160 Å². The molecule has 0 N–H and O–H groups in total. The Balaban J connectivity index is 0.770. The highest BCUT2D eigenvalue weighted by Gasteiger charge is 2.21. The Morgan fingerprint density at radius 3 is 1.02 bits per heavy atom. The zero-order chi connectivity index (χ0) is 54.7. The van der Waals surface area contributed by atoms with Gasteiger partial charge in [-0.15, -0.1) is 34.0 Å². The molecule has 0 saturated carbocycles. The highest BCUT2D eigenvalue weighted by atomic mass is 32.1. The third-order valence-electron chi connectivity index (χ3n) is 17.4. The van der Waals surface area contributed by atoms with Crippen molar-refractivity contribution in [2.24, 2.45) is 0 Å². The first-order valence-corrected chi connectivity index (χ1v) is 30.8. The molecule has 5 nitrogen and oxygen atoms in total. The van der Waals surface area contributed by atoms with Gasteiger partial charge in [0.2, 0.25) is 0 Å². The van der Waals surface area contributed by atoms with Gasteiger partial charge in [-0.1, -0.05) is 133 Å². The highest BCUT2D eigenvalue weighted by molar-refractivity contribution is 7.26. The number of hydrogen-bond acceptors (Lipinski definition) is 5. The normalized spacial score (nSPS) is 12.3. The molecule has 0 bridgehead atoms. The Bertz CT molecular complexity index is 5740. The van der Waals surface area contributed by atoms with E-state index in [1.54, 1.807) is 0 Å². The number of rotatable bonds is 6. The average molecular weight is 1120 g/mol. The van der Waals surface area contributed by atoms with Crippen molar-refractivity contribution in [1.29, 1.82) is 0 Å². The van der Waals surface area contributed by atoms with Crippen LogP contribution in [0.2, 0.25) is 0 Å². The average Bonchev–Trinajstić information content (AvgIpc) is 3.99. The molecule has 0 aliphatic heterocycles. The second-order valence-corrected chi connectivity index (χ2v) is 25.3. The molecule has 19 aromatic rings. The number of thiophene rings is 3. The van der Waals surface area contributed by atoms with Crippen LogP contribution < -0.4 is 0 Å². The fourth-order valence-electron chi connectivity index (χ4n) is 13.6. The van der Waals surface area contributed by atoms with Crippen molar-refractivity contribution in [3.8, 4) is 51.0 Å². The Hall–Kier alpha value is -10.2. The molecule has 0 aliphatic carbocycles. The van der Waals surface area contributed by atoms with Crippen LogP contribution in [0.1, 0.15) is 0 Å². The molecule has 0 unspecified atom stereocenters. The number of fused-ring (bicyclic) bond motifs is 18. The molecule has 7 heterocycles. The molecule has 8 heteroatoms. The van der Waals surface area contributed by atoms with Gasteiger partial charge < -0.3 is 13.7 Å². The number of aromatic nitrogens is 5. The van der Waals surface area contributed by atoms with Crippen LogP contribution in [0.15, 0.2) is 261 Å². The number of benzene rings is 12. The van der Waals surface area contributed by atoms with Crippen molar-refractivity contribution in [2.45, 2.75) is 0 Å².